The van der Waals surface area contributed by atoms with Gasteiger partial charge in [0.25, 0.3) is 0 Å². The SMILES string of the molecule is Cc1cccc(-n2c3ccccc3c3cc(-c4ccc(N(c5ccc(-c6ccc7oc8ccccc8c7c6)cc5)c5cccc6ccccc56)cc4)ccc32)c1. The molecule has 56 heavy (non-hydrogen) atoms. The van der Waals surface area contributed by atoms with Crippen LogP contribution in [0.3, 0.4) is 0 Å². The summed E-state index contributed by atoms with van der Waals surface area (Å²) in [7, 11) is 0. The fraction of sp³-hybridized carbons (Fsp3) is 0.0189. The average Bonchev–Trinajstić information content (AvgIpc) is 3.79. The molecule has 0 unspecified atom stereocenters. The van der Waals surface area contributed by atoms with Gasteiger partial charge >= 0.3 is 0 Å². The van der Waals surface area contributed by atoms with E-state index < -0.39 is 0 Å². The Morgan fingerprint density at radius 3 is 1.73 bits per heavy atom. The van der Waals surface area contributed by atoms with Crippen molar-refractivity contribution < 1.29 is 4.42 Å². The summed E-state index contributed by atoms with van der Waals surface area (Å²) in [6, 6.07) is 72.2. The van der Waals surface area contributed by atoms with Gasteiger partial charge in [-0.1, -0.05) is 121 Å². The van der Waals surface area contributed by atoms with Crippen LogP contribution < -0.4 is 4.90 Å². The van der Waals surface area contributed by atoms with Gasteiger partial charge in [0.15, 0.2) is 0 Å². The molecule has 0 saturated carbocycles. The quantitative estimate of drug-likeness (QED) is 0.171. The van der Waals surface area contributed by atoms with Crippen molar-refractivity contribution in [2.24, 2.45) is 0 Å². The summed E-state index contributed by atoms with van der Waals surface area (Å²) in [5, 5.41) is 7.20. The number of hydrogen-bond acceptors (Lipinski definition) is 2. The van der Waals surface area contributed by atoms with E-state index in [2.05, 4.69) is 204 Å². The van der Waals surface area contributed by atoms with E-state index in [1.807, 2.05) is 12.1 Å². The Balaban J connectivity index is 0.993. The minimum absolute atomic E-state index is 0.908. The van der Waals surface area contributed by atoms with E-state index in [0.29, 0.717) is 0 Å². The van der Waals surface area contributed by atoms with Crippen molar-refractivity contribution in [3.05, 3.63) is 206 Å². The molecule has 2 heterocycles. The van der Waals surface area contributed by atoms with E-state index >= 15 is 0 Å². The van der Waals surface area contributed by atoms with Crippen LogP contribution in [0, 0.1) is 6.92 Å². The van der Waals surface area contributed by atoms with Gasteiger partial charge in [-0.2, -0.15) is 0 Å². The van der Waals surface area contributed by atoms with Crippen LogP contribution in [0.15, 0.2) is 205 Å². The van der Waals surface area contributed by atoms with E-state index in [1.54, 1.807) is 0 Å². The van der Waals surface area contributed by atoms with E-state index in [4.69, 9.17) is 4.42 Å². The molecule has 11 aromatic rings. The summed E-state index contributed by atoms with van der Waals surface area (Å²) in [5.41, 5.74) is 14.7. The Bertz CT molecular complexity index is 3250. The molecule has 0 radical (unpaired) electrons. The number of fused-ring (bicyclic) bond motifs is 7. The number of aromatic nitrogens is 1. The van der Waals surface area contributed by atoms with Gasteiger partial charge in [-0.25, -0.2) is 0 Å². The smallest absolute Gasteiger partial charge is 0.135 e. The molecule has 3 heteroatoms. The van der Waals surface area contributed by atoms with Gasteiger partial charge in [0.2, 0.25) is 0 Å². The lowest BCUT2D eigenvalue weighted by Gasteiger charge is -2.27. The summed E-state index contributed by atoms with van der Waals surface area (Å²) in [6.07, 6.45) is 0. The number of aryl methyl sites for hydroxylation is 1. The zero-order chi connectivity index (χ0) is 37.2. The Labute approximate surface area is 324 Å². The highest BCUT2D eigenvalue weighted by atomic mass is 16.3. The minimum Gasteiger partial charge on any atom is -0.456 e. The second-order valence-electron chi connectivity index (χ2n) is 14.7. The third-order valence-electron chi connectivity index (χ3n) is 11.2. The van der Waals surface area contributed by atoms with Crippen molar-refractivity contribution in [1.29, 1.82) is 0 Å². The van der Waals surface area contributed by atoms with Crippen LogP contribution in [-0.2, 0) is 0 Å². The molecule has 9 aromatic carbocycles. The maximum absolute atomic E-state index is 6.11. The highest BCUT2D eigenvalue weighted by Crippen LogP contribution is 2.41. The molecule has 0 saturated heterocycles. The van der Waals surface area contributed by atoms with Crippen molar-refractivity contribution in [2.45, 2.75) is 6.92 Å². The van der Waals surface area contributed by atoms with Gasteiger partial charge in [0.1, 0.15) is 11.2 Å². The highest BCUT2D eigenvalue weighted by Gasteiger charge is 2.18. The fourth-order valence-electron chi connectivity index (χ4n) is 8.54. The first-order chi connectivity index (χ1) is 27.7. The van der Waals surface area contributed by atoms with Crippen molar-refractivity contribution in [3.8, 4) is 27.9 Å². The highest BCUT2D eigenvalue weighted by molar-refractivity contribution is 6.11. The Kier molecular flexibility index (Phi) is 7.39. The van der Waals surface area contributed by atoms with Crippen molar-refractivity contribution in [1.82, 2.24) is 4.57 Å². The van der Waals surface area contributed by atoms with Gasteiger partial charge in [0.05, 0.1) is 16.7 Å². The van der Waals surface area contributed by atoms with E-state index in [9.17, 15) is 0 Å². The van der Waals surface area contributed by atoms with Crippen LogP contribution in [-0.4, -0.2) is 4.57 Å². The van der Waals surface area contributed by atoms with Gasteiger partial charge in [-0.3, -0.25) is 0 Å². The predicted octanol–water partition coefficient (Wildman–Crippen LogP) is 14.9. The lowest BCUT2D eigenvalue weighted by molar-refractivity contribution is 0.669. The lowest BCUT2D eigenvalue weighted by atomic mass is 10.0. The largest absolute Gasteiger partial charge is 0.456 e. The molecular formula is C53H36N2O. The number of benzene rings is 9. The predicted molar refractivity (Wildman–Crippen MR) is 236 cm³/mol. The third-order valence-corrected chi connectivity index (χ3v) is 11.2. The molecule has 0 aliphatic heterocycles. The number of nitrogens with zero attached hydrogens (tertiary/aromatic N) is 2. The summed E-state index contributed by atoms with van der Waals surface area (Å²) in [5.74, 6) is 0. The molecule has 3 nitrogen and oxygen atoms in total. The van der Waals surface area contributed by atoms with Gasteiger partial charge < -0.3 is 13.9 Å². The second kappa shape index (κ2) is 12.9. The Morgan fingerprint density at radius 2 is 0.964 bits per heavy atom. The maximum atomic E-state index is 6.11. The van der Waals surface area contributed by atoms with E-state index in [0.717, 1.165) is 50.1 Å². The number of furan rings is 1. The molecular weight excluding hydrogens is 681 g/mol. The molecule has 11 rings (SSSR count). The second-order valence-corrected chi connectivity index (χ2v) is 14.7. The van der Waals surface area contributed by atoms with Crippen molar-refractivity contribution in [3.63, 3.8) is 0 Å². The number of anilines is 3. The Hall–Kier alpha value is -7.36. The van der Waals surface area contributed by atoms with Crippen LogP contribution in [0.4, 0.5) is 17.1 Å². The molecule has 264 valence electrons. The number of rotatable bonds is 6. The summed E-state index contributed by atoms with van der Waals surface area (Å²) >= 11 is 0. The molecule has 0 aliphatic carbocycles. The standard InChI is InChI=1S/C53H36N2O/c1-35-10-8-13-43(32-35)55-50-17-6-4-15-45(50)47-33-39(24-30-51(47)55)36-20-26-41(27-21-36)54(49-18-9-12-38-11-2-3-14-44(38)49)42-28-22-37(23-29-42)40-25-31-53-48(34-40)46-16-5-7-19-52(46)56-53/h2-34H,1H3. The fourth-order valence-corrected chi connectivity index (χ4v) is 8.54. The normalized spacial score (nSPS) is 11.7. The number of para-hydroxylation sites is 2. The summed E-state index contributed by atoms with van der Waals surface area (Å²) in [4.78, 5) is 2.38. The number of hydrogen-bond donors (Lipinski definition) is 0. The molecule has 0 aliphatic rings. The van der Waals surface area contributed by atoms with Crippen LogP contribution in [0.25, 0.3) is 82.5 Å². The van der Waals surface area contributed by atoms with Gasteiger partial charge in [-0.15, -0.1) is 0 Å². The minimum atomic E-state index is 0.908. The van der Waals surface area contributed by atoms with Crippen molar-refractivity contribution in [2.75, 3.05) is 4.90 Å². The topological polar surface area (TPSA) is 21.3 Å². The average molecular weight is 717 g/mol. The van der Waals surface area contributed by atoms with Gasteiger partial charge in [0, 0.05) is 44.0 Å². The first-order valence-corrected chi connectivity index (χ1v) is 19.2. The zero-order valence-electron chi connectivity index (χ0n) is 30.9. The Morgan fingerprint density at radius 1 is 0.393 bits per heavy atom. The van der Waals surface area contributed by atoms with E-state index in [1.165, 1.54) is 55.0 Å². The maximum Gasteiger partial charge on any atom is 0.135 e. The third kappa shape index (κ3) is 5.28. The first kappa shape index (κ1) is 32.1. The molecule has 0 fully saturated rings. The summed E-state index contributed by atoms with van der Waals surface area (Å²) in [6.45, 7) is 2.15. The lowest BCUT2D eigenvalue weighted by Crippen LogP contribution is -2.10. The molecule has 0 spiro atoms. The van der Waals surface area contributed by atoms with Crippen LogP contribution in [0.1, 0.15) is 5.56 Å². The van der Waals surface area contributed by atoms with Gasteiger partial charge in [-0.05, 0) is 119 Å². The molecule has 0 N–H and O–H groups in total. The van der Waals surface area contributed by atoms with E-state index in [-0.39, 0.29) is 0 Å². The molecule has 0 amide bonds. The van der Waals surface area contributed by atoms with Crippen molar-refractivity contribution >= 4 is 71.6 Å². The van der Waals surface area contributed by atoms with Crippen LogP contribution >= 0.6 is 0 Å². The monoisotopic (exact) mass is 716 g/mol. The molecule has 0 bridgehead atoms. The van der Waals surface area contributed by atoms with Crippen LogP contribution in [0.5, 0.6) is 0 Å². The van der Waals surface area contributed by atoms with Crippen LogP contribution in [0.2, 0.25) is 0 Å². The first-order valence-electron chi connectivity index (χ1n) is 19.2. The summed E-state index contributed by atoms with van der Waals surface area (Å²) < 4.78 is 8.50. The molecule has 2 aromatic heterocycles. The zero-order valence-corrected chi connectivity index (χ0v) is 30.9. The molecule has 0 atom stereocenters.